The molecule has 3 aromatic rings. The summed E-state index contributed by atoms with van der Waals surface area (Å²) in [7, 11) is 1.25. The van der Waals surface area contributed by atoms with E-state index in [-0.39, 0.29) is 39.1 Å². The molecule has 1 aromatic carbocycles. The number of aromatic amines is 1. The molecule has 15 heteroatoms. The van der Waals surface area contributed by atoms with Crippen molar-refractivity contribution in [3.63, 3.8) is 0 Å². The highest BCUT2D eigenvalue weighted by Gasteiger charge is 2.30. The Hall–Kier alpha value is -3.10. The monoisotopic (exact) mass is 501 g/mol. The Morgan fingerprint density at radius 2 is 1.70 bits per heavy atom. The van der Waals surface area contributed by atoms with Crippen LogP contribution in [-0.2, 0) is 5.75 Å². The lowest BCUT2D eigenvalue weighted by Gasteiger charge is -2.15. The van der Waals surface area contributed by atoms with Gasteiger partial charge in [-0.3, -0.25) is 4.98 Å². The van der Waals surface area contributed by atoms with Crippen LogP contribution in [0.15, 0.2) is 29.6 Å². The van der Waals surface area contributed by atoms with Gasteiger partial charge in [0.15, 0.2) is 34.8 Å². The molecule has 0 saturated heterocycles. The fourth-order valence-corrected chi connectivity index (χ4v) is 3.44. The quantitative estimate of drug-likeness (QED) is 0.294. The lowest BCUT2D eigenvalue weighted by Crippen LogP contribution is -2.20. The molecule has 180 valence electrons. The Bertz CT molecular complexity index is 1050. The maximum absolute atomic E-state index is 12.6. The number of imidazole rings is 1. The van der Waals surface area contributed by atoms with E-state index < -0.39 is 37.5 Å². The van der Waals surface area contributed by atoms with E-state index in [4.69, 9.17) is 9.47 Å². The highest BCUT2D eigenvalue weighted by molar-refractivity contribution is 7.98. The number of pyridine rings is 1. The van der Waals surface area contributed by atoms with Crippen LogP contribution in [0.5, 0.6) is 23.0 Å². The van der Waals surface area contributed by atoms with Gasteiger partial charge in [0.05, 0.1) is 23.8 Å². The molecule has 33 heavy (non-hydrogen) atoms. The molecule has 3 rings (SSSR count). The van der Waals surface area contributed by atoms with Crippen molar-refractivity contribution in [3.8, 4) is 23.0 Å². The number of benzene rings is 1. The van der Waals surface area contributed by atoms with Gasteiger partial charge in [0.25, 0.3) is 0 Å². The number of aromatic nitrogens is 3. The minimum Gasteiger partial charge on any atom is -0.493 e. The summed E-state index contributed by atoms with van der Waals surface area (Å²) in [4.78, 5) is 10.9. The summed E-state index contributed by atoms with van der Waals surface area (Å²) in [6.07, 6.45) is -3.27. The van der Waals surface area contributed by atoms with Gasteiger partial charge in [-0.1, -0.05) is 11.8 Å². The summed E-state index contributed by atoms with van der Waals surface area (Å²) in [6, 6.07) is 3.33. The first-order valence-electron chi connectivity index (χ1n) is 8.83. The molecule has 2 heterocycles. The molecule has 0 spiro atoms. The molecule has 0 aliphatic heterocycles. The van der Waals surface area contributed by atoms with Crippen molar-refractivity contribution in [2.24, 2.45) is 0 Å². The second-order valence-electron chi connectivity index (χ2n) is 6.10. The molecule has 7 nitrogen and oxygen atoms in total. The standard InChI is InChI=1S/C18H14F7N3O4S/c1-29-11-2-3-26-10(14(11)30-7-18(23,24)25)6-33-17-27-8-4-12(31-15(19)20)13(32-16(21)22)5-9(8)28-17/h2-5,15-16H,6-7H2,1H3,(H,27,28). The molecular formula is C18H14F7N3O4S. The predicted molar refractivity (Wildman–Crippen MR) is 101 cm³/mol. The van der Waals surface area contributed by atoms with Crippen LogP contribution < -0.4 is 18.9 Å². The number of halogens is 7. The van der Waals surface area contributed by atoms with Crippen LogP contribution in [0, 0.1) is 0 Å². The van der Waals surface area contributed by atoms with E-state index >= 15 is 0 Å². The van der Waals surface area contributed by atoms with Gasteiger partial charge in [-0.25, -0.2) is 4.98 Å². The van der Waals surface area contributed by atoms with Crippen LogP contribution >= 0.6 is 11.8 Å². The van der Waals surface area contributed by atoms with Gasteiger partial charge in [0, 0.05) is 30.1 Å². The van der Waals surface area contributed by atoms with Crippen molar-refractivity contribution in [1.82, 2.24) is 15.0 Å². The highest BCUT2D eigenvalue weighted by Crippen LogP contribution is 2.37. The third kappa shape index (κ3) is 6.69. The van der Waals surface area contributed by atoms with Crippen molar-refractivity contribution in [1.29, 1.82) is 0 Å². The molecule has 0 saturated carbocycles. The maximum Gasteiger partial charge on any atom is 0.422 e. The number of alkyl halides is 7. The van der Waals surface area contributed by atoms with Crippen LogP contribution in [-0.4, -0.2) is 48.1 Å². The van der Waals surface area contributed by atoms with E-state index in [1.54, 1.807) is 0 Å². The molecule has 0 amide bonds. The van der Waals surface area contributed by atoms with Crippen molar-refractivity contribution < 1.29 is 49.7 Å². The number of nitrogens with zero attached hydrogens (tertiary/aromatic N) is 2. The Kier molecular flexibility index (Phi) is 7.61. The molecule has 0 aliphatic rings. The Morgan fingerprint density at radius 3 is 2.30 bits per heavy atom. The van der Waals surface area contributed by atoms with E-state index in [0.29, 0.717) is 0 Å². The van der Waals surface area contributed by atoms with Gasteiger partial charge in [-0.2, -0.15) is 30.7 Å². The number of H-pyrrole nitrogens is 1. The van der Waals surface area contributed by atoms with Crippen LogP contribution in [0.25, 0.3) is 11.0 Å². The fraction of sp³-hybridized carbons (Fsp3) is 0.333. The van der Waals surface area contributed by atoms with E-state index in [1.807, 2.05) is 0 Å². The second-order valence-corrected chi connectivity index (χ2v) is 7.06. The summed E-state index contributed by atoms with van der Waals surface area (Å²) in [6.45, 7) is -8.13. The molecule has 2 aromatic heterocycles. The molecule has 0 radical (unpaired) electrons. The van der Waals surface area contributed by atoms with Crippen molar-refractivity contribution in [2.75, 3.05) is 13.7 Å². The van der Waals surface area contributed by atoms with Crippen molar-refractivity contribution >= 4 is 22.8 Å². The number of methoxy groups -OCH3 is 1. The molecule has 1 N–H and O–H groups in total. The molecule has 0 fully saturated rings. The third-order valence-electron chi connectivity index (χ3n) is 3.85. The van der Waals surface area contributed by atoms with Crippen molar-refractivity contribution in [2.45, 2.75) is 30.3 Å². The van der Waals surface area contributed by atoms with Gasteiger partial charge in [0.1, 0.15) is 0 Å². The normalized spacial score (nSPS) is 11.9. The van der Waals surface area contributed by atoms with Crippen LogP contribution in [0.2, 0.25) is 0 Å². The number of thioether (sulfide) groups is 1. The van der Waals surface area contributed by atoms with E-state index in [1.165, 1.54) is 19.4 Å². The second kappa shape index (κ2) is 10.2. The number of rotatable bonds is 10. The van der Waals surface area contributed by atoms with Crippen LogP contribution in [0.4, 0.5) is 30.7 Å². The minimum atomic E-state index is -4.58. The lowest BCUT2D eigenvalue weighted by atomic mass is 10.3. The minimum absolute atomic E-state index is 0.0228. The summed E-state index contributed by atoms with van der Waals surface area (Å²) >= 11 is 0.982. The Balaban J connectivity index is 1.84. The van der Waals surface area contributed by atoms with Gasteiger partial charge in [-0.15, -0.1) is 0 Å². The van der Waals surface area contributed by atoms with Gasteiger partial charge in [-0.05, 0) is 0 Å². The molecule has 0 atom stereocenters. The Labute approximate surface area is 185 Å². The van der Waals surface area contributed by atoms with Crippen molar-refractivity contribution in [3.05, 3.63) is 30.1 Å². The van der Waals surface area contributed by atoms with Gasteiger partial charge >= 0.3 is 19.4 Å². The number of fused-ring (bicyclic) bond motifs is 1. The topological polar surface area (TPSA) is 78.5 Å². The van der Waals surface area contributed by atoms with Gasteiger partial charge < -0.3 is 23.9 Å². The summed E-state index contributed by atoms with van der Waals surface area (Å²) in [5, 5.41) is 0.189. The number of hydrogen-bond acceptors (Lipinski definition) is 7. The third-order valence-corrected chi connectivity index (χ3v) is 4.73. The predicted octanol–water partition coefficient (Wildman–Crippen LogP) is 5.40. The van der Waals surface area contributed by atoms with Crippen LogP contribution in [0.1, 0.15) is 5.69 Å². The SMILES string of the molecule is COc1ccnc(CSc2nc3cc(OC(F)F)c(OC(F)F)cc3[nH]2)c1OCC(F)(F)F. The zero-order chi connectivity index (χ0) is 24.2. The molecule has 0 unspecified atom stereocenters. The largest absolute Gasteiger partial charge is 0.493 e. The first kappa shape index (κ1) is 24.5. The average Bonchev–Trinajstić information content (AvgIpc) is 3.11. The summed E-state index contributed by atoms with van der Waals surface area (Å²) in [5.74, 6) is -1.46. The van der Waals surface area contributed by atoms with Crippen LogP contribution in [0.3, 0.4) is 0 Å². The fourth-order valence-electron chi connectivity index (χ4n) is 2.62. The summed E-state index contributed by atoms with van der Waals surface area (Å²) in [5.41, 5.74) is 0.385. The maximum atomic E-state index is 12.6. The van der Waals surface area contributed by atoms with E-state index in [9.17, 15) is 30.7 Å². The molecule has 0 aliphatic carbocycles. The number of hydrogen-bond donors (Lipinski definition) is 1. The molecule has 0 bridgehead atoms. The average molecular weight is 501 g/mol. The lowest BCUT2D eigenvalue weighted by molar-refractivity contribution is -0.153. The zero-order valence-electron chi connectivity index (χ0n) is 16.5. The number of ether oxygens (including phenoxy) is 4. The first-order chi connectivity index (χ1) is 15.6. The zero-order valence-corrected chi connectivity index (χ0v) is 17.3. The molecular weight excluding hydrogens is 487 g/mol. The Morgan fingerprint density at radius 1 is 1.03 bits per heavy atom. The highest BCUT2D eigenvalue weighted by atomic mass is 32.2. The van der Waals surface area contributed by atoms with E-state index in [0.717, 1.165) is 23.9 Å². The summed E-state index contributed by atoms with van der Waals surface area (Å²) < 4.78 is 106. The first-order valence-corrected chi connectivity index (χ1v) is 9.82. The van der Waals surface area contributed by atoms with Gasteiger partial charge in [0.2, 0.25) is 0 Å². The number of nitrogens with one attached hydrogen (secondary N) is 1. The smallest absolute Gasteiger partial charge is 0.422 e. The van der Waals surface area contributed by atoms with E-state index in [2.05, 4.69) is 24.4 Å².